The van der Waals surface area contributed by atoms with Gasteiger partial charge < -0.3 is 10.2 Å². The van der Waals surface area contributed by atoms with Crippen molar-refractivity contribution in [3.8, 4) is 12.3 Å². The Morgan fingerprint density at radius 3 is 2.88 bits per heavy atom. The fraction of sp³-hybridized carbons (Fsp3) is 0.500. The van der Waals surface area contributed by atoms with Gasteiger partial charge in [0.1, 0.15) is 5.82 Å². The van der Waals surface area contributed by atoms with Crippen molar-refractivity contribution >= 4 is 5.82 Å². The third kappa shape index (κ3) is 3.52. The Labute approximate surface area is 97.1 Å². The average Bonchev–Trinajstić information content (AvgIpc) is 2.33. The SMILES string of the molecule is C#CCN(CC)c1cncc(CNCC)n1. The van der Waals surface area contributed by atoms with E-state index in [1.165, 1.54) is 0 Å². The summed E-state index contributed by atoms with van der Waals surface area (Å²) in [6.45, 7) is 7.18. The van der Waals surface area contributed by atoms with Crippen molar-refractivity contribution in [1.82, 2.24) is 15.3 Å². The van der Waals surface area contributed by atoms with Gasteiger partial charge in [-0.3, -0.25) is 4.98 Å². The third-order valence-electron chi connectivity index (χ3n) is 2.22. The van der Waals surface area contributed by atoms with Crippen molar-refractivity contribution in [3.63, 3.8) is 0 Å². The van der Waals surface area contributed by atoms with E-state index in [2.05, 4.69) is 35.1 Å². The first-order valence-corrected chi connectivity index (χ1v) is 5.51. The summed E-state index contributed by atoms with van der Waals surface area (Å²) < 4.78 is 0. The van der Waals surface area contributed by atoms with Crippen LogP contribution in [0.5, 0.6) is 0 Å². The maximum atomic E-state index is 5.31. The van der Waals surface area contributed by atoms with Crippen molar-refractivity contribution in [3.05, 3.63) is 18.1 Å². The van der Waals surface area contributed by atoms with Crippen LogP contribution in [0.1, 0.15) is 19.5 Å². The molecule has 1 aromatic rings. The minimum absolute atomic E-state index is 0.565. The van der Waals surface area contributed by atoms with Crippen LogP contribution >= 0.6 is 0 Å². The lowest BCUT2D eigenvalue weighted by molar-refractivity contribution is 0.704. The number of terminal acetylenes is 1. The normalized spacial score (nSPS) is 9.81. The number of nitrogens with zero attached hydrogens (tertiary/aromatic N) is 3. The molecule has 0 aliphatic heterocycles. The molecule has 0 saturated heterocycles. The lowest BCUT2D eigenvalue weighted by atomic mass is 10.4. The van der Waals surface area contributed by atoms with Gasteiger partial charge in [0.05, 0.1) is 18.4 Å². The fourth-order valence-corrected chi connectivity index (χ4v) is 1.35. The van der Waals surface area contributed by atoms with Crippen LogP contribution in [0.2, 0.25) is 0 Å². The molecule has 0 fully saturated rings. The second kappa shape index (κ2) is 6.81. The van der Waals surface area contributed by atoms with Crippen molar-refractivity contribution in [2.75, 3.05) is 24.5 Å². The van der Waals surface area contributed by atoms with Crippen molar-refractivity contribution in [2.24, 2.45) is 0 Å². The molecule has 0 bridgehead atoms. The first-order valence-electron chi connectivity index (χ1n) is 5.51. The Hall–Kier alpha value is -1.60. The van der Waals surface area contributed by atoms with Gasteiger partial charge in [-0.05, 0) is 13.5 Å². The molecule has 0 unspecified atom stereocenters. The van der Waals surface area contributed by atoms with Gasteiger partial charge in [0, 0.05) is 19.3 Å². The summed E-state index contributed by atoms with van der Waals surface area (Å²) in [6.07, 6.45) is 8.83. The first kappa shape index (κ1) is 12.5. The van der Waals surface area contributed by atoms with Gasteiger partial charge in [0.2, 0.25) is 0 Å². The molecule has 4 nitrogen and oxygen atoms in total. The predicted molar refractivity (Wildman–Crippen MR) is 66.1 cm³/mol. The average molecular weight is 218 g/mol. The maximum absolute atomic E-state index is 5.31. The highest BCUT2D eigenvalue weighted by atomic mass is 15.2. The highest BCUT2D eigenvalue weighted by Gasteiger charge is 2.05. The molecule has 0 atom stereocenters. The molecule has 0 amide bonds. The number of hydrogen-bond acceptors (Lipinski definition) is 4. The third-order valence-corrected chi connectivity index (χ3v) is 2.22. The van der Waals surface area contributed by atoms with Crippen LogP contribution in [0.25, 0.3) is 0 Å². The molecule has 16 heavy (non-hydrogen) atoms. The minimum Gasteiger partial charge on any atom is -0.344 e. The Balaban J connectivity index is 2.76. The van der Waals surface area contributed by atoms with Gasteiger partial charge >= 0.3 is 0 Å². The molecule has 1 rings (SSSR count). The second-order valence-corrected chi connectivity index (χ2v) is 3.37. The van der Waals surface area contributed by atoms with Gasteiger partial charge in [-0.2, -0.15) is 0 Å². The van der Waals surface area contributed by atoms with Gasteiger partial charge in [-0.1, -0.05) is 12.8 Å². The number of rotatable bonds is 6. The second-order valence-electron chi connectivity index (χ2n) is 3.37. The summed E-state index contributed by atoms with van der Waals surface area (Å²) in [4.78, 5) is 10.7. The van der Waals surface area contributed by atoms with E-state index in [9.17, 15) is 0 Å². The molecule has 0 radical (unpaired) electrons. The highest BCUT2D eigenvalue weighted by molar-refractivity contribution is 5.37. The summed E-state index contributed by atoms with van der Waals surface area (Å²) in [6, 6.07) is 0. The summed E-state index contributed by atoms with van der Waals surface area (Å²) >= 11 is 0. The maximum Gasteiger partial charge on any atom is 0.148 e. The standard InChI is InChI=1S/C12H18N4/c1-4-7-16(6-3)12-10-14-9-11(15-12)8-13-5-2/h1,9-10,13H,5-8H2,2-3H3. The van der Waals surface area contributed by atoms with Crippen LogP contribution in [-0.2, 0) is 6.54 Å². The lowest BCUT2D eigenvalue weighted by Gasteiger charge is -2.18. The van der Waals surface area contributed by atoms with Crippen LogP contribution in [0.15, 0.2) is 12.4 Å². The summed E-state index contributed by atoms with van der Waals surface area (Å²) in [7, 11) is 0. The Morgan fingerprint density at radius 2 is 2.25 bits per heavy atom. The molecular weight excluding hydrogens is 200 g/mol. The van der Waals surface area contributed by atoms with Crippen LogP contribution in [0.3, 0.4) is 0 Å². The Bertz CT molecular complexity index is 356. The topological polar surface area (TPSA) is 41.1 Å². The van der Waals surface area contributed by atoms with E-state index in [1.54, 1.807) is 12.4 Å². The number of aromatic nitrogens is 2. The largest absolute Gasteiger partial charge is 0.344 e. The predicted octanol–water partition coefficient (Wildman–Crippen LogP) is 1.05. The van der Waals surface area contributed by atoms with Crippen LogP contribution in [-0.4, -0.2) is 29.6 Å². The van der Waals surface area contributed by atoms with E-state index < -0.39 is 0 Å². The summed E-state index contributed by atoms with van der Waals surface area (Å²) in [5.41, 5.74) is 0.940. The summed E-state index contributed by atoms with van der Waals surface area (Å²) in [5, 5.41) is 3.22. The fourth-order valence-electron chi connectivity index (χ4n) is 1.35. The quantitative estimate of drug-likeness (QED) is 0.725. The summed E-state index contributed by atoms with van der Waals surface area (Å²) in [5.74, 6) is 3.47. The molecule has 4 heteroatoms. The number of anilines is 1. The molecule has 86 valence electrons. The minimum atomic E-state index is 0.565. The van der Waals surface area contributed by atoms with E-state index in [1.807, 2.05) is 4.90 Å². The van der Waals surface area contributed by atoms with Gasteiger partial charge in [-0.15, -0.1) is 6.42 Å². The first-order chi connectivity index (χ1) is 7.81. The Morgan fingerprint density at radius 1 is 1.44 bits per heavy atom. The van der Waals surface area contributed by atoms with E-state index in [4.69, 9.17) is 6.42 Å². The lowest BCUT2D eigenvalue weighted by Crippen LogP contribution is -2.25. The number of hydrogen-bond donors (Lipinski definition) is 1. The zero-order valence-electron chi connectivity index (χ0n) is 9.90. The molecule has 0 spiro atoms. The van der Waals surface area contributed by atoms with Crippen LogP contribution < -0.4 is 10.2 Å². The van der Waals surface area contributed by atoms with E-state index in [0.29, 0.717) is 6.54 Å². The van der Waals surface area contributed by atoms with E-state index >= 15 is 0 Å². The van der Waals surface area contributed by atoms with Gasteiger partial charge in [-0.25, -0.2) is 4.98 Å². The van der Waals surface area contributed by atoms with Crippen molar-refractivity contribution in [1.29, 1.82) is 0 Å². The van der Waals surface area contributed by atoms with E-state index in [-0.39, 0.29) is 0 Å². The molecule has 0 saturated carbocycles. The van der Waals surface area contributed by atoms with Crippen LogP contribution in [0, 0.1) is 12.3 Å². The van der Waals surface area contributed by atoms with E-state index in [0.717, 1.165) is 31.1 Å². The molecule has 0 aliphatic rings. The van der Waals surface area contributed by atoms with Crippen LogP contribution in [0.4, 0.5) is 5.82 Å². The smallest absolute Gasteiger partial charge is 0.148 e. The molecule has 1 heterocycles. The van der Waals surface area contributed by atoms with Crippen molar-refractivity contribution < 1.29 is 0 Å². The molecule has 0 aliphatic carbocycles. The number of nitrogens with one attached hydrogen (secondary N) is 1. The molecule has 1 N–H and O–H groups in total. The van der Waals surface area contributed by atoms with Gasteiger partial charge in [0.25, 0.3) is 0 Å². The zero-order chi connectivity index (χ0) is 11.8. The highest BCUT2D eigenvalue weighted by Crippen LogP contribution is 2.08. The molecule has 0 aromatic carbocycles. The molecular formula is C12H18N4. The molecule has 1 aromatic heterocycles. The Kier molecular flexibility index (Phi) is 5.30. The van der Waals surface area contributed by atoms with Gasteiger partial charge in [0.15, 0.2) is 0 Å². The van der Waals surface area contributed by atoms with Crippen molar-refractivity contribution in [2.45, 2.75) is 20.4 Å². The zero-order valence-corrected chi connectivity index (χ0v) is 9.90. The monoisotopic (exact) mass is 218 g/mol.